The minimum absolute atomic E-state index is 0.0134. The van der Waals surface area contributed by atoms with Crippen molar-refractivity contribution in [3.8, 4) is 0 Å². The maximum absolute atomic E-state index is 12.1. The number of nitrogens with zero attached hydrogens (tertiary/aromatic N) is 3. The minimum atomic E-state index is -0.588. The van der Waals surface area contributed by atoms with Crippen LogP contribution in [0.3, 0.4) is 0 Å². The molecule has 0 saturated heterocycles. The summed E-state index contributed by atoms with van der Waals surface area (Å²) in [5.41, 5.74) is 0.690. The normalized spacial score (nSPS) is 10.2. The van der Waals surface area contributed by atoms with Gasteiger partial charge in [0.25, 0.3) is 11.6 Å². The minimum Gasteiger partial charge on any atom is -0.322 e. The number of hydrogen-bond donors (Lipinski definition) is 1. The molecule has 21 heavy (non-hydrogen) atoms. The molecule has 0 aliphatic heterocycles. The zero-order chi connectivity index (χ0) is 15.6. The number of carbonyl (C=O) groups excluding carboxylic acids is 1. The van der Waals surface area contributed by atoms with Gasteiger partial charge in [0.05, 0.1) is 10.5 Å². The zero-order valence-electron chi connectivity index (χ0n) is 10.6. The van der Waals surface area contributed by atoms with E-state index in [1.54, 1.807) is 13.0 Å². The van der Waals surface area contributed by atoms with Gasteiger partial charge in [-0.05, 0) is 19.1 Å². The predicted octanol–water partition coefficient (Wildman–Crippen LogP) is 3.25. The van der Waals surface area contributed by atoms with Crippen LogP contribution in [0.15, 0.2) is 24.3 Å². The molecule has 1 aromatic carbocycles. The summed E-state index contributed by atoms with van der Waals surface area (Å²) in [7, 11) is 0. The van der Waals surface area contributed by atoms with Crippen LogP contribution in [0.25, 0.3) is 0 Å². The molecule has 2 aromatic rings. The molecule has 1 heterocycles. The van der Waals surface area contributed by atoms with Crippen LogP contribution < -0.4 is 5.32 Å². The zero-order valence-corrected chi connectivity index (χ0v) is 12.1. The van der Waals surface area contributed by atoms with Gasteiger partial charge >= 0.3 is 0 Å². The highest BCUT2D eigenvalue weighted by Gasteiger charge is 2.16. The number of nitro groups is 1. The Labute approximate surface area is 129 Å². The van der Waals surface area contributed by atoms with Gasteiger partial charge in [-0.15, -0.1) is 10.2 Å². The van der Waals surface area contributed by atoms with Crippen LogP contribution in [0.1, 0.15) is 15.9 Å². The second-order valence-corrected chi connectivity index (χ2v) is 4.83. The summed E-state index contributed by atoms with van der Waals surface area (Å²) in [6.07, 6.45) is 0. The van der Waals surface area contributed by atoms with E-state index in [1.807, 2.05) is 0 Å². The van der Waals surface area contributed by atoms with Gasteiger partial charge in [-0.1, -0.05) is 29.3 Å². The van der Waals surface area contributed by atoms with Gasteiger partial charge in [0.1, 0.15) is 0 Å². The summed E-state index contributed by atoms with van der Waals surface area (Å²) in [4.78, 5) is 22.4. The lowest BCUT2D eigenvalue weighted by Gasteiger charge is -2.07. The number of amides is 1. The molecule has 0 radical (unpaired) electrons. The first-order valence-corrected chi connectivity index (χ1v) is 6.39. The largest absolute Gasteiger partial charge is 0.322 e. The monoisotopic (exact) mass is 326 g/mol. The van der Waals surface area contributed by atoms with Crippen LogP contribution >= 0.6 is 23.2 Å². The Balaban J connectivity index is 2.29. The number of aryl methyl sites for hydroxylation is 1. The molecular formula is C12H8Cl2N4O3. The van der Waals surface area contributed by atoms with E-state index < -0.39 is 10.8 Å². The van der Waals surface area contributed by atoms with E-state index in [0.29, 0.717) is 5.56 Å². The van der Waals surface area contributed by atoms with Gasteiger partial charge in [0.15, 0.2) is 10.3 Å². The fourth-order valence-corrected chi connectivity index (χ4v) is 1.92. The first kappa shape index (κ1) is 15.1. The molecule has 0 aliphatic carbocycles. The summed E-state index contributed by atoms with van der Waals surface area (Å²) in [5.74, 6) is -0.588. The van der Waals surface area contributed by atoms with Crippen molar-refractivity contribution >= 4 is 40.5 Å². The number of nitrogens with one attached hydrogen (secondary N) is 1. The van der Waals surface area contributed by atoms with Gasteiger partial charge in [0.2, 0.25) is 0 Å². The SMILES string of the molecule is Cc1ccc(NC(=O)c2cc(Cl)nnc2Cl)cc1[N+](=O)[O-]. The molecule has 7 nitrogen and oxygen atoms in total. The fourth-order valence-electron chi connectivity index (χ4n) is 1.59. The molecule has 108 valence electrons. The molecular weight excluding hydrogens is 319 g/mol. The van der Waals surface area contributed by atoms with Gasteiger partial charge in [-0.3, -0.25) is 14.9 Å². The van der Waals surface area contributed by atoms with E-state index in [0.717, 1.165) is 0 Å². The van der Waals surface area contributed by atoms with E-state index in [9.17, 15) is 14.9 Å². The molecule has 1 aromatic heterocycles. The number of nitro benzene ring substituents is 1. The fraction of sp³-hybridized carbons (Fsp3) is 0.0833. The van der Waals surface area contributed by atoms with Crippen LogP contribution in [-0.4, -0.2) is 21.0 Å². The molecule has 0 bridgehead atoms. The van der Waals surface area contributed by atoms with Crippen LogP contribution in [0.4, 0.5) is 11.4 Å². The number of rotatable bonds is 3. The van der Waals surface area contributed by atoms with Crippen molar-refractivity contribution in [2.75, 3.05) is 5.32 Å². The van der Waals surface area contributed by atoms with Crippen molar-refractivity contribution in [3.63, 3.8) is 0 Å². The standard InChI is InChI=1S/C12H8Cl2N4O3/c1-6-2-3-7(4-9(6)18(20)21)15-12(19)8-5-10(13)16-17-11(8)14/h2-5H,1H3,(H,15,19). The summed E-state index contributed by atoms with van der Waals surface area (Å²) in [5, 5.41) is 20.3. The van der Waals surface area contributed by atoms with Crippen molar-refractivity contribution in [2.45, 2.75) is 6.92 Å². The van der Waals surface area contributed by atoms with Crippen molar-refractivity contribution in [1.29, 1.82) is 0 Å². The van der Waals surface area contributed by atoms with Gasteiger partial charge in [0, 0.05) is 17.3 Å². The first-order valence-electron chi connectivity index (χ1n) is 5.63. The third-order valence-corrected chi connectivity index (χ3v) is 3.09. The first-order chi connectivity index (χ1) is 9.88. The second kappa shape index (κ2) is 6.02. The Morgan fingerprint density at radius 1 is 1.29 bits per heavy atom. The summed E-state index contributed by atoms with van der Waals surface area (Å²) in [6.45, 7) is 1.60. The number of anilines is 1. The van der Waals surface area contributed by atoms with Crippen LogP contribution in [0.5, 0.6) is 0 Å². The van der Waals surface area contributed by atoms with E-state index in [2.05, 4.69) is 15.5 Å². The molecule has 0 unspecified atom stereocenters. The number of aromatic nitrogens is 2. The van der Waals surface area contributed by atoms with E-state index in [1.165, 1.54) is 18.2 Å². The highest BCUT2D eigenvalue weighted by Crippen LogP contribution is 2.23. The molecule has 1 amide bonds. The summed E-state index contributed by atoms with van der Waals surface area (Å²) >= 11 is 11.4. The highest BCUT2D eigenvalue weighted by molar-refractivity contribution is 6.34. The smallest absolute Gasteiger partial charge is 0.274 e. The summed E-state index contributed by atoms with van der Waals surface area (Å²) in [6, 6.07) is 5.60. The molecule has 0 fully saturated rings. The number of benzene rings is 1. The highest BCUT2D eigenvalue weighted by atomic mass is 35.5. The molecule has 0 spiro atoms. The maximum Gasteiger partial charge on any atom is 0.274 e. The van der Waals surface area contributed by atoms with Crippen molar-refractivity contribution in [3.05, 3.63) is 55.8 Å². The maximum atomic E-state index is 12.1. The van der Waals surface area contributed by atoms with Gasteiger partial charge in [-0.2, -0.15) is 0 Å². The molecule has 0 atom stereocenters. The molecule has 9 heteroatoms. The van der Waals surface area contributed by atoms with Crippen molar-refractivity contribution < 1.29 is 9.72 Å². The van der Waals surface area contributed by atoms with Crippen molar-refractivity contribution in [1.82, 2.24) is 10.2 Å². The van der Waals surface area contributed by atoms with E-state index in [-0.39, 0.29) is 27.2 Å². The van der Waals surface area contributed by atoms with E-state index in [4.69, 9.17) is 23.2 Å². The Morgan fingerprint density at radius 3 is 2.67 bits per heavy atom. The van der Waals surface area contributed by atoms with Crippen LogP contribution in [-0.2, 0) is 0 Å². The van der Waals surface area contributed by atoms with Gasteiger partial charge < -0.3 is 5.32 Å². The van der Waals surface area contributed by atoms with Crippen LogP contribution in [0.2, 0.25) is 10.3 Å². The van der Waals surface area contributed by atoms with Crippen LogP contribution in [0, 0.1) is 17.0 Å². The molecule has 2 rings (SSSR count). The number of hydrogen-bond acceptors (Lipinski definition) is 5. The topological polar surface area (TPSA) is 98.0 Å². The quantitative estimate of drug-likeness (QED) is 0.689. The lowest BCUT2D eigenvalue weighted by molar-refractivity contribution is -0.385. The predicted molar refractivity (Wildman–Crippen MR) is 77.8 cm³/mol. The Kier molecular flexibility index (Phi) is 4.35. The van der Waals surface area contributed by atoms with E-state index >= 15 is 0 Å². The number of halogens is 2. The average Bonchev–Trinajstić information content (AvgIpc) is 2.43. The molecule has 0 saturated carbocycles. The Hall–Kier alpha value is -2.25. The third-order valence-electron chi connectivity index (χ3n) is 2.63. The molecule has 0 aliphatic rings. The van der Waals surface area contributed by atoms with Crippen molar-refractivity contribution in [2.24, 2.45) is 0 Å². The Bertz CT molecular complexity index is 736. The lowest BCUT2D eigenvalue weighted by Crippen LogP contribution is -2.13. The van der Waals surface area contributed by atoms with Gasteiger partial charge in [-0.25, -0.2) is 0 Å². The molecule has 1 N–H and O–H groups in total. The third kappa shape index (κ3) is 3.45. The number of carbonyl (C=O) groups is 1. The summed E-state index contributed by atoms with van der Waals surface area (Å²) < 4.78 is 0. The second-order valence-electron chi connectivity index (χ2n) is 4.08. The lowest BCUT2D eigenvalue weighted by atomic mass is 10.2. The average molecular weight is 327 g/mol. The Morgan fingerprint density at radius 2 is 2.00 bits per heavy atom.